The van der Waals surface area contributed by atoms with Gasteiger partial charge in [0, 0.05) is 23.0 Å². The molecule has 29 heavy (non-hydrogen) atoms. The topological polar surface area (TPSA) is 108 Å². The molecular weight excluding hydrogens is 370 g/mol. The molecule has 144 valence electrons. The maximum atomic E-state index is 12.4. The second-order valence-corrected chi connectivity index (χ2v) is 6.32. The van der Waals surface area contributed by atoms with Crippen molar-refractivity contribution in [2.45, 2.75) is 13.6 Å². The van der Waals surface area contributed by atoms with Crippen LogP contribution >= 0.6 is 0 Å². The zero-order valence-electron chi connectivity index (χ0n) is 15.6. The van der Waals surface area contributed by atoms with E-state index >= 15 is 0 Å². The van der Waals surface area contributed by atoms with Crippen molar-refractivity contribution in [3.63, 3.8) is 0 Å². The Morgan fingerprint density at radius 3 is 2.45 bits per heavy atom. The summed E-state index contributed by atoms with van der Waals surface area (Å²) >= 11 is 0. The number of hydrogen-bond acceptors (Lipinski definition) is 6. The molecule has 0 aliphatic rings. The Morgan fingerprint density at radius 2 is 1.72 bits per heavy atom. The summed E-state index contributed by atoms with van der Waals surface area (Å²) in [6.45, 7) is 1.72. The van der Waals surface area contributed by atoms with Gasteiger partial charge in [-0.3, -0.25) is 9.59 Å². The number of ketones is 1. The van der Waals surface area contributed by atoms with Crippen LogP contribution in [-0.2, 0) is 6.67 Å². The number of tetrazole rings is 1. The van der Waals surface area contributed by atoms with Gasteiger partial charge in [-0.1, -0.05) is 30.3 Å². The second kappa shape index (κ2) is 7.85. The summed E-state index contributed by atoms with van der Waals surface area (Å²) in [5.41, 5.74) is 2.29. The first-order chi connectivity index (χ1) is 14.1. The molecule has 0 saturated carbocycles. The van der Waals surface area contributed by atoms with E-state index in [2.05, 4.69) is 25.8 Å². The molecule has 0 saturated heterocycles. The highest BCUT2D eigenvalue weighted by molar-refractivity contribution is 6.03. The van der Waals surface area contributed by atoms with Crippen molar-refractivity contribution in [1.82, 2.24) is 30.0 Å². The van der Waals surface area contributed by atoms with Crippen molar-refractivity contribution in [3.8, 4) is 11.4 Å². The fourth-order valence-corrected chi connectivity index (χ4v) is 2.68. The van der Waals surface area contributed by atoms with Gasteiger partial charge >= 0.3 is 0 Å². The maximum absolute atomic E-state index is 12.4. The van der Waals surface area contributed by atoms with Crippen LogP contribution in [0.3, 0.4) is 0 Å². The lowest BCUT2D eigenvalue weighted by atomic mass is 10.1. The van der Waals surface area contributed by atoms with Crippen molar-refractivity contribution in [2.24, 2.45) is 0 Å². The number of carbonyl (C=O) groups is 2. The molecule has 0 unspecified atom stereocenters. The maximum Gasteiger partial charge on any atom is 0.276 e. The van der Waals surface area contributed by atoms with Crippen LogP contribution in [0.2, 0.25) is 0 Å². The average molecular weight is 387 g/mol. The fourth-order valence-electron chi connectivity index (χ4n) is 2.68. The van der Waals surface area contributed by atoms with Crippen molar-refractivity contribution < 1.29 is 9.59 Å². The monoisotopic (exact) mass is 387 g/mol. The van der Waals surface area contributed by atoms with E-state index in [1.54, 1.807) is 41.2 Å². The van der Waals surface area contributed by atoms with E-state index in [-0.39, 0.29) is 24.1 Å². The smallest absolute Gasteiger partial charge is 0.276 e. The Kier molecular flexibility index (Phi) is 4.93. The molecule has 0 atom stereocenters. The molecule has 2 aromatic carbocycles. The van der Waals surface area contributed by atoms with E-state index in [0.717, 1.165) is 5.56 Å². The van der Waals surface area contributed by atoms with Crippen LogP contribution in [0.5, 0.6) is 0 Å². The van der Waals surface area contributed by atoms with E-state index in [1.807, 2.05) is 30.3 Å². The summed E-state index contributed by atoms with van der Waals surface area (Å²) < 4.78 is 1.55. The van der Waals surface area contributed by atoms with Crippen LogP contribution in [0.15, 0.2) is 66.9 Å². The van der Waals surface area contributed by atoms with Crippen molar-refractivity contribution in [2.75, 3.05) is 5.32 Å². The number of nitrogens with one attached hydrogen (secondary N) is 1. The number of amides is 1. The minimum atomic E-state index is -0.351. The first-order valence-corrected chi connectivity index (χ1v) is 8.87. The largest absolute Gasteiger partial charge is 0.321 e. The second-order valence-electron chi connectivity index (χ2n) is 6.32. The molecule has 9 heteroatoms. The van der Waals surface area contributed by atoms with Gasteiger partial charge in [-0.15, -0.1) is 15.0 Å². The molecule has 0 fully saturated rings. The lowest BCUT2D eigenvalue weighted by Gasteiger charge is -2.04. The Labute approximate surface area is 166 Å². The SMILES string of the molecule is CC(=O)c1ccc(NC(=O)c2ccn(Cn3nnc(-c4ccccc4)n3)n2)cc1. The van der Waals surface area contributed by atoms with E-state index in [0.29, 0.717) is 17.1 Å². The van der Waals surface area contributed by atoms with Gasteiger partial charge in [-0.25, -0.2) is 4.68 Å². The third-order valence-electron chi connectivity index (χ3n) is 4.18. The Balaban J connectivity index is 1.41. The number of rotatable bonds is 6. The molecule has 0 aliphatic heterocycles. The zero-order chi connectivity index (χ0) is 20.2. The summed E-state index contributed by atoms with van der Waals surface area (Å²) in [5, 5.41) is 19.4. The van der Waals surface area contributed by atoms with Gasteiger partial charge in [0.25, 0.3) is 5.91 Å². The Morgan fingerprint density at radius 1 is 0.966 bits per heavy atom. The van der Waals surface area contributed by atoms with E-state index < -0.39 is 0 Å². The molecule has 2 heterocycles. The highest BCUT2D eigenvalue weighted by atomic mass is 16.2. The van der Waals surface area contributed by atoms with Crippen molar-refractivity contribution >= 4 is 17.4 Å². The summed E-state index contributed by atoms with van der Waals surface area (Å²) in [5.74, 6) is 0.138. The minimum absolute atomic E-state index is 0.0289. The minimum Gasteiger partial charge on any atom is -0.321 e. The predicted molar refractivity (Wildman–Crippen MR) is 105 cm³/mol. The van der Waals surface area contributed by atoms with Crippen LogP contribution in [-0.4, -0.2) is 41.7 Å². The average Bonchev–Trinajstić information content (AvgIpc) is 3.39. The summed E-state index contributed by atoms with van der Waals surface area (Å²) in [7, 11) is 0. The summed E-state index contributed by atoms with van der Waals surface area (Å²) in [6.07, 6.45) is 1.67. The molecule has 1 amide bonds. The number of Topliss-reactive ketones (excluding diaryl/α,β-unsaturated/α-hetero) is 1. The molecule has 0 bridgehead atoms. The van der Waals surface area contributed by atoms with Gasteiger partial charge < -0.3 is 5.32 Å². The lowest BCUT2D eigenvalue weighted by molar-refractivity contribution is 0.101. The predicted octanol–water partition coefficient (Wildman–Crippen LogP) is 2.50. The van der Waals surface area contributed by atoms with Crippen LogP contribution in [0.4, 0.5) is 5.69 Å². The number of hydrogen-bond donors (Lipinski definition) is 1. The number of anilines is 1. The molecule has 4 aromatic rings. The quantitative estimate of drug-likeness (QED) is 0.509. The van der Waals surface area contributed by atoms with E-state index in [1.165, 1.54) is 11.7 Å². The van der Waals surface area contributed by atoms with Gasteiger partial charge in [0.1, 0.15) is 0 Å². The number of aromatic nitrogens is 6. The van der Waals surface area contributed by atoms with Gasteiger partial charge in [-0.05, 0) is 42.5 Å². The number of carbonyl (C=O) groups excluding carboxylic acids is 2. The third kappa shape index (κ3) is 4.24. The van der Waals surface area contributed by atoms with Gasteiger partial charge in [0.2, 0.25) is 5.82 Å². The Hall–Kier alpha value is -4.14. The molecule has 0 aliphatic carbocycles. The fraction of sp³-hybridized carbons (Fsp3) is 0.100. The van der Waals surface area contributed by atoms with Crippen LogP contribution < -0.4 is 5.32 Å². The van der Waals surface area contributed by atoms with E-state index in [9.17, 15) is 9.59 Å². The third-order valence-corrected chi connectivity index (χ3v) is 4.18. The Bertz CT molecular complexity index is 1150. The summed E-state index contributed by atoms with van der Waals surface area (Å²) in [6, 6.07) is 17.8. The van der Waals surface area contributed by atoms with Gasteiger partial charge in [-0.2, -0.15) is 5.10 Å². The molecule has 2 aromatic heterocycles. The summed E-state index contributed by atoms with van der Waals surface area (Å²) in [4.78, 5) is 25.1. The zero-order valence-corrected chi connectivity index (χ0v) is 15.6. The van der Waals surface area contributed by atoms with Crippen LogP contribution in [0.25, 0.3) is 11.4 Å². The first-order valence-electron chi connectivity index (χ1n) is 8.87. The van der Waals surface area contributed by atoms with Crippen LogP contribution in [0.1, 0.15) is 27.8 Å². The normalized spacial score (nSPS) is 10.7. The molecule has 0 radical (unpaired) electrons. The van der Waals surface area contributed by atoms with Gasteiger partial charge in [0.15, 0.2) is 18.1 Å². The molecular formula is C20H17N7O2. The highest BCUT2D eigenvalue weighted by Crippen LogP contribution is 2.13. The van der Waals surface area contributed by atoms with Crippen molar-refractivity contribution in [1.29, 1.82) is 0 Å². The number of benzene rings is 2. The molecule has 4 rings (SSSR count). The van der Waals surface area contributed by atoms with Crippen molar-refractivity contribution in [3.05, 3.63) is 78.1 Å². The van der Waals surface area contributed by atoms with Crippen LogP contribution in [0, 0.1) is 0 Å². The highest BCUT2D eigenvalue weighted by Gasteiger charge is 2.12. The number of nitrogens with zero attached hydrogens (tertiary/aromatic N) is 6. The molecule has 1 N–H and O–H groups in total. The standard InChI is InChI=1S/C20H17N7O2/c1-14(28)15-7-9-17(10-8-15)21-20(29)18-11-12-26(23-18)13-27-24-19(22-25-27)16-5-3-2-4-6-16/h2-12H,13H2,1H3,(H,21,29). The lowest BCUT2D eigenvalue weighted by Crippen LogP contribution is -2.15. The molecule has 9 nitrogen and oxygen atoms in total. The van der Waals surface area contributed by atoms with Gasteiger partial charge in [0.05, 0.1) is 0 Å². The first kappa shape index (κ1) is 18.2. The molecule has 0 spiro atoms. The van der Waals surface area contributed by atoms with E-state index in [4.69, 9.17) is 0 Å².